The number of aryl methyl sites for hydroxylation is 1. The third-order valence-corrected chi connectivity index (χ3v) is 3.99. The van der Waals surface area contributed by atoms with Crippen LogP contribution in [0.5, 0.6) is 5.75 Å². The first-order valence-electron chi connectivity index (χ1n) is 5.66. The van der Waals surface area contributed by atoms with E-state index in [-0.39, 0.29) is 5.78 Å². The number of para-hydroxylation sites is 1. The molecule has 1 aromatic heterocycles. The van der Waals surface area contributed by atoms with Gasteiger partial charge in [-0.25, -0.2) is 0 Å². The molecule has 0 bridgehead atoms. The van der Waals surface area contributed by atoms with Gasteiger partial charge in [0.2, 0.25) is 5.78 Å². The number of ketones is 1. The Morgan fingerprint density at radius 3 is 3.06 bits per heavy atom. The molecular weight excluding hydrogens is 248 g/mol. The molecule has 1 aliphatic heterocycles. The van der Waals surface area contributed by atoms with Crippen molar-refractivity contribution in [2.24, 2.45) is 7.05 Å². The van der Waals surface area contributed by atoms with E-state index in [0.717, 1.165) is 10.6 Å². The highest BCUT2D eigenvalue weighted by molar-refractivity contribution is 7.99. The number of Topliss-reactive ketones (excluding diaryl/α,β-unsaturated/α-hetero) is 1. The average molecular weight is 260 g/mol. The number of thioether (sulfide) groups is 1. The van der Waals surface area contributed by atoms with E-state index in [1.807, 2.05) is 24.3 Å². The van der Waals surface area contributed by atoms with Crippen LogP contribution in [0.15, 0.2) is 41.4 Å². The van der Waals surface area contributed by atoms with Gasteiger partial charge in [0.15, 0.2) is 6.10 Å². The van der Waals surface area contributed by atoms with E-state index in [1.165, 1.54) is 0 Å². The summed E-state index contributed by atoms with van der Waals surface area (Å²) in [6, 6.07) is 9.50. The van der Waals surface area contributed by atoms with Crippen molar-refractivity contribution in [1.82, 2.24) is 9.78 Å². The van der Waals surface area contributed by atoms with Gasteiger partial charge in [0, 0.05) is 23.9 Å². The molecule has 2 aromatic rings. The number of aromatic nitrogens is 2. The summed E-state index contributed by atoms with van der Waals surface area (Å²) in [7, 11) is 1.76. The lowest BCUT2D eigenvalue weighted by Gasteiger charge is -2.24. The molecule has 3 rings (SSSR count). The van der Waals surface area contributed by atoms with Crippen molar-refractivity contribution in [3.05, 3.63) is 42.2 Å². The van der Waals surface area contributed by atoms with Crippen LogP contribution in [0.3, 0.4) is 0 Å². The molecule has 0 N–H and O–H groups in total. The van der Waals surface area contributed by atoms with E-state index in [2.05, 4.69) is 5.10 Å². The predicted molar refractivity (Wildman–Crippen MR) is 69.1 cm³/mol. The zero-order valence-corrected chi connectivity index (χ0v) is 10.7. The minimum Gasteiger partial charge on any atom is -0.480 e. The maximum absolute atomic E-state index is 12.3. The highest BCUT2D eigenvalue weighted by Crippen LogP contribution is 2.35. The molecule has 0 fully saturated rings. The summed E-state index contributed by atoms with van der Waals surface area (Å²) in [4.78, 5) is 13.4. The molecule has 0 amide bonds. The minimum atomic E-state index is -0.430. The predicted octanol–water partition coefficient (Wildman–Crippen LogP) is 2.16. The van der Waals surface area contributed by atoms with E-state index >= 15 is 0 Å². The summed E-state index contributed by atoms with van der Waals surface area (Å²) in [5.41, 5.74) is 0.583. The highest BCUT2D eigenvalue weighted by Gasteiger charge is 2.28. The van der Waals surface area contributed by atoms with E-state index in [9.17, 15) is 4.79 Å². The molecule has 1 atom stereocenters. The molecular formula is C13H12N2O2S. The Morgan fingerprint density at radius 1 is 1.44 bits per heavy atom. The first-order chi connectivity index (χ1) is 8.75. The van der Waals surface area contributed by atoms with Crippen LogP contribution in [-0.2, 0) is 7.05 Å². The van der Waals surface area contributed by atoms with Crippen LogP contribution in [0.25, 0.3) is 0 Å². The monoisotopic (exact) mass is 260 g/mol. The molecule has 0 radical (unpaired) electrons. The smallest absolute Gasteiger partial charge is 0.222 e. The van der Waals surface area contributed by atoms with Crippen LogP contribution >= 0.6 is 11.8 Å². The molecule has 0 saturated carbocycles. The maximum Gasteiger partial charge on any atom is 0.222 e. The molecule has 0 saturated heterocycles. The van der Waals surface area contributed by atoms with Gasteiger partial charge in [-0.15, -0.1) is 11.8 Å². The molecule has 18 heavy (non-hydrogen) atoms. The minimum absolute atomic E-state index is 0.0167. The molecule has 2 heterocycles. The topological polar surface area (TPSA) is 44.1 Å². The largest absolute Gasteiger partial charge is 0.480 e. The maximum atomic E-state index is 12.3. The molecule has 5 heteroatoms. The molecule has 1 aromatic carbocycles. The second kappa shape index (κ2) is 4.49. The van der Waals surface area contributed by atoms with Gasteiger partial charge in [-0.05, 0) is 18.2 Å². The summed E-state index contributed by atoms with van der Waals surface area (Å²) in [5, 5.41) is 4.01. The van der Waals surface area contributed by atoms with E-state index in [4.69, 9.17) is 4.74 Å². The van der Waals surface area contributed by atoms with Crippen molar-refractivity contribution in [3.8, 4) is 5.75 Å². The Bertz CT molecular complexity index is 594. The van der Waals surface area contributed by atoms with Crippen LogP contribution in [-0.4, -0.2) is 27.4 Å². The Morgan fingerprint density at radius 2 is 2.28 bits per heavy atom. The molecule has 1 unspecified atom stereocenters. The van der Waals surface area contributed by atoms with Crippen LogP contribution in [0.4, 0.5) is 0 Å². The van der Waals surface area contributed by atoms with Crippen LogP contribution in [0.1, 0.15) is 10.5 Å². The van der Waals surface area contributed by atoms with Crippen LogP contribution in [0, 0.1) is 0 Å². The number of hydrogen-bond acceptors (Lipinski definition) is 4. The number of carbonyl (C=O) groups excluding carboxylic acids is 1. The van der Waals surface area contributed by atoms with Crippen molar-refractivity contribution in [1.29, 1.82) is 0 Å². The quantitative estimate of drug-likeness (QED) is 0.776. The SMILES string of the molecule is Cn1nccc1C(=O)C1CSc2ccccc2O1. The first kappa shape index (κ1) is 11.3. The molecule has 1 aliphatic rings. The van der Waals surface area contributed by atoms with Crippen molar-refractivity contribution in [2.45, 2.75) is 11.0 Å². The summed E-state index contributed by atoms with van der Waals surface area (Å²) in [6.07, 6.45) is 1.19. The second-order valence-corrected chi connectivity index (χ2v) is 5.13. The number of rotatable bonds is 2. The van der Waals surface area contributed by atoms with Gasteiger partial charge < -0.3 is 4.74 Å². The van der Waals surface area contributed by atoms with Crippen molar-refractivity contribution < 1.29 is 9.53 Å². The average Bonchev–Trinajstić information content (AvgIpc) is 2.83. The fourth-order valence-corrected chi connectivity index (χ4v) is 2.91. The summed E-state index contributed by atoms with van der Waals surface area (Å²) in [5.74, 6) is 1.41. The zero-order valence-electron chi connectivity index (χ0n) is 9.87. The third-order valence-electron chi connectivity index (χ3n) is 2.87. The Balaban J connectivity index is 1.84. The fraction of sp³-hybridized carbons (Fsp3) is 0.231. The van der Waals surface area contributed by atoms with Gasteiger partial charge in [-0.2, -0.15) is 5.10 Å². The van der Waals surface area contributed by atoms with Crippen LogP contribution in [0.2, 0.25) is 0 Å². The van der Waals surface area contributed by atoms with Gasteiger partial charge in [0.1, 0.15) is 11.4 Å². The van der Waals surface area contributed by atoms with E-state index in [0.29, 0.717) is 11.4 Å². The molecule has 92 valence electrons. The number of ether oxygens (including phenoxy) is 1. The van der Waals surface area contributed by atoms with E-state index in [1.54, 1.807) is 35.8 Å². The molecule has 4 nitrogen and oxygen atoms in total. The highest BCUT2D eigenvalue weighted by atomic mass is 32.2. The summed E-state index contributed by atoms with van der Waals surface area (Å²) in [6.45, 7) is 0. The summed E-state index contributed by atoms with van der Waals surface area (Å²) < 4.78 is 7.34. The van der Waals surface area contributed by atoms with Crippen molar-refractivity contribution in [2.75, 3.05) is 5.75 Å². The van der Waals surface area contributed by atoms with Crippen molar-refractivity contribution >= 4 is 17.5 Å². The van der Waals surface area contributed by atoms with Crippen LogP contribution < -0.4 is 4.74 Å². The Labute approximate surface area is 109 Å². The van der Waals surface area contributed by atoms with Gasteiger partial charge in [0.05, 0.1) is 0 Å². The van der Waals surface area contributed by atoms with Gasteiger partial charge in [0.25, 0.3) is 0 Å². The molecule has 0 spiro atoms. The number of nitrogens with zero attached hydrogens (tertiary/aromatic N) is 2. The lowest BCUT2D eigenvalue weighted by atomic mass is 10.2. The number of benzene rings is 1. The third kappa shape index (κ3) is 1.90. The van der Waals surface area contributed by atoms with Gasteiger partial charge in [-0.3, -0.25) is 9.48 Å². The normalized spacial score (nSPS) is 17.9. The Kier molecular flexibility index (Phi) is 2.83. The van der Waals surface area contributed by atoms with E-state index < -0.39 is 6.10 Å². The molecule has 0 aliphatic carbocycles. The van der Waals surface area contributed by atoms with Crippen molar-refractivity contribution in [3.63, 3.8) is 0 Å². The number of hydrogen-bond donors (Lipinski definition) is 0. The lowest BCUT2D eigenvalue weighted by molar-refractivity contribution is 0.0805. The lowest BCUT2D eigenvalue weighted by Crippen LogP contribution is -2.33. The number of carbonyl (C=O) groups is 1. The standard InChI is InChI=1S/C13H12N2O2S/c1-15-9(6-7-14-15)13(16)11-8-18-12-5-3-2-4-10(12)17-11/h2-7,11H,8H2,1H3. The van der Waals surface area contributed by atoms with Gasteiger partial charge in [-0.1, -0.05) is 12.1 Å². The van der Waals surface area contributed by atoms with Gasteiger partial charge >= 0.3 is 0 Å². The first-order valence-corrected chi connectivity index (χ1v) is 6.65. The Hall–Kier alpha value is -1.75. The fourth-order valence-electron chi connectivity index (χ4n) is 1.93. The zero-order chi connectivity index (χ0) is 12.5. The second-order valence-electron chi connectivity index (χ2n) is 4.07. The summed E-state index contributed by atoms with van der Waals surface area (Å²) >= 11 is 1.65. The number of fused-ring (bicyclic) bond motifs is 1.